The predicted octanol–water partition coefficient (Wildman–Crippen LogP) is 1.60. The van der Waals surface area contributed by atoms with E-state index in [-0.39, 0.29) is 6.42 Å². The van der Waals surface area contributed by atoms with Gasteiger partial charge in [0.2, 0.25) is 0 Å². The van der Waals surface area contributed by atoms with E-state index in [0.717, 1.165) is 23.9 Å². The lowest BCUT2D eigenvalue weighted by Gasteiger charge is -2.23. The number of aryl methyl sites for hydroxylation is 2. The second-order valence-corrected chi connectivity index (χ2v) is 5.75. The molecule has 1 aromatic heterocycles. The average Bonchev–Trinajstić information content (AvgIpc) is 2.58. The third-order valence-electron chi connectivity index (χ3n) is 2.70. The van der Waals surface area contributed by atoms with Crippen LogP contribution in [0.3, 0.4) is 0 Å². The van der Waals surface area contributed by atoms with Gasteiger partial charge >= 0.3 is 5.97 Å². The van der Waals surface area contributed by atoms with Crippen molar-refractivity contribution in [2.75, 3.05) is 38.6 Å². The Morgan fingerprint density at radius 2 is 1.94 bits per heavy atom. The molecule has 1 aromatic rings. The van der Waals surface area contributed by atoms with Gasteiger partial charge in [-0.25, -0.2) is 4.98 Å². The Hall–Kier alpha value is -1.14. The summed E-state index contributed by atoms with van der Waals surface area (Å²) < 4.78 is 0. The zero-order valence-electron chi connectivity index (χ0n) is 11.4. The Labute approximate surface area is 112 Å². The van der Waals surface area contributed by atoms with Crippen molar-refractivity contribution in [3.05, 3.63) is 10.6 Å². The number of nitrogens with zero attached hydrogens (tertiary/aromatic N) is 3. The van der Waals surface area contributed by atoms with Gasteiger partial charge in [0.1, 0.15) is 0 Å². The Morgan fingerprint density at radius 1 is 1.28 bits per heavy atom. The Morgan fingerprint density at radius 3 is 2.39 bits per heavy atom. The van der Waals surface area contributed by atoms with Crippen LogP contribution in [0.2, 0.25) is 0 Å². The van der Waals surface area contributed by atoms with Gasteiger partial charge in [-0.2, -0.15) is 0 Å². The van der Waals surface area contributed by atoms with Crippen molar-refractivity contribution >= 4 is 22.4 Å². The van der Waals surface area contributed by atoms with Gasteiger partial charge < -0.3 is 14.9 Å². The van der Waals surface area contributed by atoms with Crippen LogP contribution >= 0.6 is 11.3 Å². The molecule has 102 valence electrons. The highest BCUT2D eigenvalue weighted by molar-refractivity contribution is 7.15. The Bertz CT molecular complexity index is 385. The molecular formula is C12H21N3O2S. The molecule has 0 aromatic carbocycles. The molecule has 0 saturated heterocycles. The molecule has 1 heterocycles. The van der Waals surface area contributed by atoms with Crippen LogP contribution in [0.25, 0.3) is 0 Å². The Kier molecular flexibility index (Phi) is 5.55. The number of carboxylic acids is 1. The average molecular weight is 271 g/mol. The second-order valence-electron chi connectivity index (χ2n) is 4.57. The summed E-state index contributed by atoms with van der Waals surface area (Å²) in [6, 6.07) is 0. The quantitative estimate of drug-likeness (QED) is 0.816. The molecule has 0 saturated carbocycles. The number of hydrogen-bond acceptors (Lipinski definition) is 5. The number of aromatic nitrogens is 1. The fraction of sp³-hybridized carbons (Fsp3) is 0.667. The minimum absolute atomic E-state index is 0.144. The van der Waals surface area contributed by atoms with Crippen LogP contribution in [0.4, 0.5) is 5.13 Å². The third kappa shape index (κ3) is 4.62. The summed E-state index contributed by atoms with van der Waals surface area (Å²) in [6.07, 6.45) is 0.144. The van der Waals surface area contributed by atoms with Crippen LogP contribution < -0.4 is 4.90 Å². The summed E-state index contributed by atoms with van der Waals surface area (Å²) in [5.41, 5.74) is 1.03. The molecule has 0 aliphatic rings. The first kappa shape index (κ1) is 14.9. The zero-order valence-corrected chi connectivity index (χ0v) is 12.3. The van der Waals surface area contributed by atoms with E-state index in [4.69, 9.17) is 5.11 Å². The molecule has 0 fully saturated rings. The molecule has 6 heteroatoms. The second kappa shape index (κ2) is 6.70. The van der Waals surface area contributed by atoms with E-state index in [1.54, 1.807) is 11.3 Å². The number of carboxylic acid groups (broad SMARTS) is 1. The van der Waals surface area contributed by atoms with E-state index in [1.165, 1.54) is 4.88 Å². The monoisotopic (exact) mass is 271 g/mol. The minimum Gasteiger partial charge on any atom is -0.481 e. The highest BCUT2D eigenvalue weighted by atomic mass is 32.1. The van der Waals surface area contributed by atoms with Crippen LogP contribution in [0.15, 0.2) is 0 Å². The summed E-state index contributed by atoms with van der Waals surface area (Å²) in [6.45, 7) is 6.22. The summed E-state index contributed by atoms with van der Waals surface area (Å²) in [4.78, 5) is 20.5. The van der Waals surface area contributed by atoms with Gasteiger partial charge in [-0.05, 0) is 27.9 Å². The molecule has 0 atom stereocenters. The van der Waals surface area contributed by atoms with E-state index in [2.05, 4.69) is 14.8 Å². The third-order valence-corrected chi connectivity index (χ3v) is 3.83. The van der Waals surface area contributed by atoms with E-state index >= 15 is 0 Å². The molecule has 5 nitrogen and oxygen atoms in total. The fourth-order valence-electron chi connectivity index (χ4n) is 1.45. The molecule has 0 radical (unpaired) electrons. The van der Waals surface area contributed by atoms with Crippen molar-refractivity contribution in [3.8, 4) is 0 Å². The van der Waals surface area contributed by atoms with Gasteiger partial charge in [0, 0.05) is 24.5 Å². The van der Waals surface area contributed by atoms with Gasteiger partial charge in [0.05, 0.1) is 12.1 Å². The van der Waals surface area contributed by atoms with Gasteiger partial charge in [-0.1, -0.05) is 0 Å². The van der Waals surface area contributed by atoms with Crippen LogP contribution in [0, 0.1) is 13.8 Å². The van der Waals surface area contributed by atoms with Crippen LogP contribution in [-0.4, -0.2) is 54.7 Å². The molecule has 18 heavy (non-hydrogen) atoms. The fourth-order valence-corrected chi connectivity index (χ4v) is 2.41. The summed E-state index contributed by atoms with van der Waals surface area (Å²) in [7, 11) is 4.02. The van der Waals surface area contributed by atoms with Gasteiger partial charge in [0.15, 0.2) is 5.13 Å². The summed E-state index contributed by atoms with van der Waals surface area (Å²) >= 11 is 1.63. The highest BCUT2D eigenvalue weighted by Crippen LogP contribution is 2.25. The van der Waals surface area contributed by atoms with Gasteiger partial charge in [-0.15, -0.1) is 11.3 Å². The van der Waals surface area contributed by atoms with E-state index < -0.39 is 5.97 Å². The van der Waals surface area contributed by atoms with Crippen molar-refractivity contribution in [1.82, 2.24) is 9.88 Å². The number of likely N-dealkylation sites (N-methyl/N-ethyl adjacent to an activating group) is 1. The molecule has 0 bridgehead atoms. The molecule has 1 N–H and O–H groups in total. The number of anilines is 1. The predicted molar refractivity (Wildman–Crippen MR) is 74.6 cm³/mol. The molecule has 0 aliphatic heterocycles. The minimum atomic E-state index is -0.769. The van der Waals surface area contributed by atoms with E-state index in [1.807, 2.05) is 27.9 Å². The van der Waals surface area contributed by atoms with Crippen molar-refractivity contribution in [1.29, 1.82) is 0 Å². The van der Waals surface area contributed by atoms with Gasteiger partial charge in [0.25, 0.3) is 0 Å². The smallest absolute Gasteiger partial charge is 0.305 e. The lowest BCUT2D eigenvalue weighted by Crippen LogP contribution is -2.33. The van der Waals surface area contributed by atoms with Crippen LogP contribution in [0.1, 0.15) is 17.0 Å². The Balaban J connectivity index is 2.72. The SMILES string of the molecule is Cc1nc(N(CCC(=O)O)CCN(C)C)sc1C. The van der Waals surface area contributed by atoms with Crippen LogP contribution in [-0.2, 0) is 4.79 Å². The maximum absolute atomic E-state index is 10.7. The number of hydrogen-bond donors (Lipinski definition) is 1. The van der Waals surface area contributed by atoms with E-state index in [0.29, 0.717) is 6.54 Å². The number of carbonyl (C=O) groups is 1. The lowest BCUT2D eigenvalue weighted by atomic mass is 10.4. The molecule has 0 aliphatic carbocycles. The topological polar surface area (TPSA) is 56.7 Å². The number of thiazole rings is 1. The molecule has 0 unspecified atom stereocenters. The molecule has 1 rings (SSSR count). The lowest BCUT2D eigenvalue weighted by molar-refractivity contribution is -0.136. The summed E-state index contributed by atoms with van der Waals surface area (Å²) in [5.74, 6) is -0.769. The highest BCUT2D eigenvalue weighted by Gasteiger charge is 2.13. The molecule has 0 spiro atoms. The maximum Gasteiger partial charge on any atom is 0.305 e. The van der Waals surface area contributed by atoms with Crippen molar-refractivity contribution in [2.45, 2.75) is 20.3 Å². The van der Waals surface area contributed by atoms with Crippen molar-refractivity contribution < 1.29 is 9.90 Å². The maximum atomic E-state index is 10.7. The zero-order chi connectivity index (χ0) is 13.7. The first-order valence-electron chi connectivity index (χ1n) is 5.95. The standard InChI is InChI=1S/C12H21N3O2S/c1-9-10(2)18-12(13-9)15(6-5-11(16)17)8-7-14(3)4/h5-8H2,1-4H3,(H,16,17). The van der Waals surface area contributed by atoms with E-state index in [9.17, 15) is 4.79 Å². The molecular weight excluding hydrogens is 250 g/mol. The largest absolute Gasteiger partial charge is 0.481 e. The van der Waals surface area contributed by atoms with Gasteiger partial charge in [-0.3, -0.25) is 4.79 Å². The number of aliphatic carboxylic acids is 1. The van der Waals surface area contributed by atoms with Crippen molar-refractivity contribution in [2.24, 2.45) is 0 Å². The summed E-state index contributed by atoms with van der Waals surface area (Å²) in [5, 5.41) is 9.72. The van der Waals surface area contributed by atoms with Crippen LogP contribution in [0.5, 0.6) is 0 Å². The van der Waals surface area contributed by atoms with Crippen molar-refractivity contribution in [3.63, 3.8) is 0 Å². The molecule has 0 amide bonds. The first-order valence-corrected chi connectivity index (χ1v) is 6.77. The first-order chi connectivity index (χ1) is 8.40. The normalized spacial score (nSPS) is 10.9. The number of rotatable bonds is 7.